The Bertz CT molecular complexity index is 893. The molecule has 0 spiro atoms. The molecule has 1 saturated heterocycles. The van der Waals surface area contributed by atoms with Crippen LogP contribution < -0.4 is 0 Å². The standard InChI is InChI=1S/C24H32N4O5/c1-3-33-24(32)19-11-14-27(15-12-19)23(31)17-26(2)21(29)9-10-22(30)28-16-13-20(25-28)18-7-5-4-6-8-18/h4-8,19H,3,9-17H2,1-2H3. The lowest BCUT2D eigenvalue weighted by atomic mass is 9.97. The third kappa shape index (κ3) is 6.63. The maximum atomic E-state index is 12.6. The number of rotatable bonds is 8. The molecule has 1 aromatic carbocycles. The molecule has 9 heteroatoms. The van der Waals surface area contributed by atoms with Crippen molar-refractivity contribution in [2.24, 2.45) is 11.0 Å². The van der Waals surface area contributed by atoms with E-state index in [4.69, 9.17) is 4.74 Å². The number of esters is 1. The van der Waals surface area contributed by atoms with Gasteiger partial charge in [0.05, 0.1) is 31.3 Å². The molecule has 0 aliphatic carbocycles. The van der Waals surface area contributed by atoms with Crippen LogP contribution in [0.4, 0.5) is 0 Å². The molecule has 0 radical (unpaired) electrons. The predicted molar refractivity (Wildman–Crippen MR) is 122 cm³/mol. The predicted octanol–water partition coefficient (Wildman–Crippen LogP) is 1.66. The van der Waals surface area contributed by atoms with Gasteiger partial charge in [-0.25, -0.2) is 5.01 Å². The van der Waals surface area contributed by atoms with Gasteiger partial charge in [-0.3, -0.25) is 19.2 Å². The van der Waals surface area contributed by atoms with E-state index in [0.29, 0.717) is 45.5 Å². The van der Waals surface area contributed by atoms with Crippen LogP contribution >= 0.6 is 0 Å². The van der Waals surface area contributed by atoms with Crippen LogP contribution in [0, 0.1) is 5.92 Å². The van der Waals surface area contributed by atoms with E-state index < -0.39 is 0 Å². The van der Waals surface area contributed by atoms with E-state index in [2.05, 4.69) is 5.10 Å². The van der Waals surface area contributed by atoms with Crippen molar-refractivity contribution in [3.05, 3.63) is 35.9 Å². The smallest absolute Gasteiger partial charge is 0.309 e. The number of hydrogen-bond donors (Lipinski definition) is 0. The summed E-state index contributed by atoms with van der Waals surface area (Å²) in [5.41, 5.74) is 1.86. The summed E-state index contributed by atoms with van der Waals surface area (Å²) in [4.78, 5) is 52.4. The van der Waals surface area contributed by atoms with Gasteiger partial charge in [-0.1, -0.05) is 30.3 Å². The van der Waals surface area contributed by atoms with E-state index in [1.54, 1.807) is 18.9 Å². The molecule has 0 saturated carbocycles. The van der Waals surface area contributed by atoms with E-state index in [9.17, 15) is 19.2 Å². The number of likely N-dealkylation sites (tertiary alicyclic amines) is 1. The van der Waals surface area contributed by atoms with E-state index in [1.165, 1.54) is 9.91 Å². The molecule has 0 aromatic heterocycles. The van der Waals surface area contributed by atoms with Crippen LogP contribution in [-0.2, 0) is 23.9 Å². The Labute approximate surface area is 194 Å². The second-order valence-electron chi connectivity index (χ2n) is 8.34. The van der Waals surface area contributed by atoms with Gasteiger partial charge in [-0.2, -0.15) is 5.10 Å². The lowest BCUT2D eigenvalue weighted by Crippen LogP contribution is -2.45. The van der Waals surface area contributed by atoms with Gasteiger partial charge >= 0.3 is 5.97 Å². The molecule has 0 atom stereocenters. The van der Waals surface area contributed by atoms with Gasteiger partial charge in [0.15, 0.2) is 0 Å². The van der Waals surface area contributed by atoms with Crippen LogP contribution in [0.25, 0.3) is 0 Å². The summed E-state index contributed by atoms with van der Waals surface area (Å²) in [7, 11) is 1.57. The highest BCUT2D eigenvalue weighted by molar-refractivity contribution is 6.02. The first-order valence-corrected chi connectivity index (χ1v) is 11.5. The minimum Gasteiger partial charge on any atom is -0.466 e. The number of hydrazone groups is 1. The Kier molecular flexibility index (Phi) is 8.57. The lowest BCUT2D eigenvalue weighted by molar-refractivity contribution is -0.151. The molecule has 0 N–H and O–H groups in total. The summed E-state index contributed by atoms with van der Waals surface area (Å²) in [6.45, 7) is 3.53. The van der Waals surface area contributed by atoms with Crippen molar-refractivity contribution in [3.8, 4) is 0 Å². The van der Waals surface area contributed by atoms with Gasteiger partial charge in [0.25, 0.3) is 0 Å². The number of carbonyl (C=O) groups is 4. The molecular weight excluding hydrogens is 424 g/mol. The average molecular weight is 457 g/mol. The number of benzene rings is 1. The number of nitrogens with zero attached hydrogens (tertiary/aromatic N) is 4. The molecule has 178 valence electrons. The molecule has 0 bridgehead atoms. The van der Waals surface area contributed by atoms with Crippen LogP contribution in [0.15, 0.2) is 35.4 Å². The molecule has 0 unspecified atom stereocenters. The number of amides is 3. The zero-order valence-corrected chi connectivity index (χ0v) is 19.4. The zero-order chi connectivity index (χ0) is 23.8. The number of likely N-dealkylation sites (N-methyl/N-ethyl adjacent to an activating group) is 1. The first kappa shape index (κ1) is 24.4. The number of piperidine rings is 1. The monoisotopic (exact) mass is 456 g/mol. The zero-order valence-electron chi connectivity index (χ0n) is 19.4. The van der Waals surface area contributed by atoms with Gasteiger partial charge in [0, 0.05) is 39.4 Å². The van der Waals surface area contributed by atoms with Gasteiger partial charge < -0.3 is 14.5 Å². The Balaban J connectivity index is 1.40. The molecule has 1 aromatic rings. The van der Waals surface area contributed by atoms with E-state index >= 15 is 0 Å². The first-order chi connectivity index (χ1) is 15.9. The quantitative estimate of drug-likeness (QED) is 0.554. The van der Waals surface area contributed by atoms with Crippen LogP contribution in [0.5, 0.6) is 0 Å². The normalized spacial score (nSPS) is 16.4. The van der Waals surface area contributed by atoms with Crippen molar-refractivity contribution in [2.75, 3.05) is 39.8 Å². The summed E-state index contributed by atoms with van der Waals surface area (Å²) in [5, 5.41) is 5.83. The van der Waals surface area contributed by atoms with E-state index in [-0.39, 0.29) is 49.0 Å². The van der Waals surface area contributed by atoms with E-state index in [0.717, 1.165) is 11.3 Å². The highest BCUT2D eigenvalue weighted by atomic mass is 16.5. The Morgan fingerprint density at radius 3 is 2.39 bits per heavy atom. The fraction of sp³-hybridized carbons (Fsp3) is 0.542. The van der Waals surface area contributed by atoms with Crippen molar-refractivity contribution in [3.63, 3.8) is 0 Å². The van der Waals surface area contributed by atoms with Crippen LogP contribution in [0.3, 0.4) is 0 Å². The highest BCUT2D eigenvalue weighted by Crippen LogP contribution is 2.19. The van der Waals surface area contributed by atoms with Crippen molar-refractivity contribution in [1.29, 1.82) is 0 Å². The summed E-state index contributed by atoms with van der Waals surface area (Å²) in [6.07, 6.45) is 1.90. The molecule has 33 heavy (non-hydrogen) atoms. The van der Waals surface area contributed by atoms with Gasteiger partial charge in [0.1, 0.15) is 0 Å². The number of carbonyl (C=O) groups excluding carboxylic acids is 4. The topological polar surface area (TPSA) is 99.6 Å². The molecular formula is C24H32N4O5. The number of hydrogen-bond acceptors (Lipinski definition) is 6. The summed E-state index contributed by atoms with van der Waals surface area (Å²) < 4.78 is 5.05. The fourth-order valence-corrected chi connectivity index (χ4v) is 4.02. The minimum atomic E-state index is -0.260. The number of ether oxygens (including phenoxy) is 1. The second kappa shape index (κ2) is 11.6. The van der Waals surface area contributed by atoms with E-state index in [1.807, 2.05) is 30.3 Å². The molecule has 1 fully saturated rings. The summed E-state index contributed by atoms with van der Waals surface area (Å²) in [5.74, 6) is -0.995. The minimum absolute atomic E-state index is 0.0280. The highest BCUT2D eigenvalue weighted by Gasteiger charge is 2.29. The fourth-order valence-electron chi connectivity index (χ4n) is 4.02. The van der Waals surface area contributed by atoms with Gasteiger partial charge in [0.2, 0.25) is 17.7 Å². The molecule has 3 amide bonds. The van der Waals surface area contributed by atoms with Crippen molar-refractivity contribution in [2.45, 2.75) is 39.0 Å². The first-order valence-electron chi connectivity index (χ1n) is 11.5. The molecule has 3 rings (SSSR count). The summed E-state index contributed by atoms with van der Waals surface area (Å²) in [6, 6.07) is 9.71. The Hall–Kier alpha value is -3.23. The third-order valence-electron chi connectivity index (χ3n) is 6.02. The maximum Gasteiger partial charge on any atom is 0.309 e. The summed E-state index contributed by atoms with van der Waals surface area (Å²) >= 11 is 0. The largest absolute Gasteiger partial charge is 0.466 e. The molecule has 2 aliphatic heterocycles. The lowest BCUT2D eigenvalue weighted by Gasteiger charge is -2.32. The van der Waals surface area contributed by atoms with Crippen LogP contribution in [0.2, 0.25) is 0 Å². The van der Waals surface area contributed by atoms with Crippen LogP contribution in [-0.4, -0.2) is 84.0 Å². The van der Waals surface area contributed by atoms with Gasteiger partial charge in [-0.15, -0.1) is 0 Å². The van der Waals surface area contributed by atoms with Crippen molar-refractivity contribution >= 4 is 29.4 Å². The maximum absolute atomic E-state index is 12.6. The molecule has 2 aliphatic rings. The Morgan fingerprint density at radius 2 is 1.73 bits per heavy atom. The molecule has 2 heterocycles. The SMILES string of the molecule is CCOC(=O)C1CCN(C(=O)CN(C)C(=O)CCC(=O)N2CCC(c3ccccc3)=N2)CC1. The van der Waals surface area contributed by atoms with Crippen molar-refractivity contribution in [1.82, 2.24) is 14.8 Å². The van der Waals surface area contributed by atoms with Crippen molar-refractivity contribution < 1.29 is 23.9 Å². The molecule has 9 nitrogen and oxygen atoms in total. The second-order valence-corrected chi connectivity index (χ2v) is 8.34. The average Bonchev–Trinajstić information content (AvgIpc) is 3.33. The van der Waals surface area contributed by atoms with Crippen LogP contribution in [0.1, 0.15) is 44.6 Å². The Morgan fingerprint density at radius 1 is 1.03 bits per heavy atom. The third-order valence-corrected chi connectivity index (χ3v) is 6.02. The van der Waals surface area contributed by atoms with Gasteiger partial charge in [-0.05, 0) is 25.3 Å².